The zero-order chi connectivity index (χ0) is 21.5. The predicted molar refractivity (Wildman–Crippen MR) is 110 cm³/mol. The molecule has 156 valence electrons. The Kier molecular flexibility index (Phi) is 7.24. The van der Waals surface area contributed by atoms with Crippen LogP contribution in [0.1, 0.15) is 21.9 Å². The molecule has 30 heavy (non-hydrogen) atoms. The van der Waals surface area contributed by atoms with Gasteiger partial charge in [0.25, 0.3) is 5.91 Å². The van der Waals surface area contributed by atoms with Gasteiger partial charge >= 0.3 is 5.97 Å². The lowest BCUT2D eigenvalue weighted by Crippen LogP contribution is -2.30. The summed E-state index contributed by atoms with van der Waals surface area (Å²) >= 11 is 3.36. The normalized spacial score (nSPS) is 10.5. The first kappa shape index (κ1) is 21.6. The van der Waals surface area contributed by atoms with E-state index in [2.05, 4.69) is 15.9 Å². The number of halogens is 2. The fraction of sp³-hybridized carbons (Fsp3) is 0.182. The number of furan rings is 1. The molecule has 0 aliphatic heterocycles. The van der Waals surface area contributed by atoms with E-state index in [4.69, 9.17) is 13.9 Å². The first-order valence-electron chi connectivity index (χ1n) is 9.03. The lowest BCUT2D eigenvalue weighted by atomic mass is 10.2. The Hall–Kier alpha value is -3.13. The Morgan fingerprint density at radius 1 is 1.03 bits per heavy atom. The average molecular weight is 476 g/mol. The van der Waals surface area contributed by atoms with E-state index in [9.17, 15) is 14.0 Å². The van der Waals surface area contributed by atoms with Gasteiger partial charge in [-0.3, -0.25) is 4.79 Å². The highest BCUT2D eigenvalue weighted by Crippen LogP contribution is 2.16. The minimum absolute atomic E-state index is 0.0314. The fourth-order valence-electron chi connectivity index (χ4n) is 2.51. The van der Waals surface area contributed by atoms with Gasteiger partial charge in [0.15, 0.2) is 6.61 Å². The standard InChI is InChI=1S/C22H19BrFNO5/c1-25(12-15-2-4-16(23)5-3-15)21(26)14-29-22(27)20-11-10-19(30-20)13-28-18-8-6-17(24)7-9-18/h2-11H,12-14H2,1H3. The van der Waals surface area contributed by atoms with Crippen molar-refractivity contribution in [1.82, 2.24) is 4.90 Å². The molecule has 2 aromatic carbocycles. The van der Waals surface area contributed by atoms with Gasteiger partial charge in [-0.15, -0.1) is 0 Å². The van der Waals surface area contributed by atoms with Gasteiger partial charge in [0, 0.05) is 18.1 Å². The molecule has 0 atom stereocenters. The van der Waals surface area contributed by atoms with Crippen LogP contribution in [0.25, 0.3) is 0 Å². The molecule has 1 amide bonds. The number of rotatable bonds is 8. The largest absolute Gasteiger partial charge is 0.486 e. The molecule has 0 N–H and O–H groups in total. The van der Waals surface area contributed by atoms with Crippen molar-refractivity contribution in [2.24, 2.45) is 0 Å². The summed E-state index contributed by atoms with van der Waals surface area (Å²) in [6, 6.07) is 16.1. The fourth-order valence-corrected chi connectivity index (χ4v) is 2.78. The highest BCUT2D eigenvalue weighted by Gasteiger charge is 2.17. The van der Waals surface area contributed by atoms with Crippen molar-refractivity contribution in [3.8, 4) is 5.75 Å². The van der Waals surface area contributed by atoms with Crippen molar-refractivity contribution in [2.45, 2.75) is 13.2 Å². The van der Waals surface area contributed by atoms with Gasteiger partial charge in [-0.05, 0) is 54.1 Å². The van der Waals surface area contributed by atoms with Crippen molar-refractivity contribution in [1.29, 1.82) is 0 Å². The van der Waals surface area contributed by atoms with E-state index in [0.29, 0.717) is 18.1 Å². The van der Waals surface area contributed by atoms with Crippen molar-refractivity contribution < 1.29 is 27.9 Å². The molecule has 0 aliphatic rings. The molecule has 8 heteroatoms. The molecule has 1 aromatic heterocycles. The van der Waals surface area contributed by atoms with Gasteiger partial charge < -0.3 is 18.8 Å². The summed E-state index contributed by atoms with van der Waals surface area (Å²) in [4.78, 5) is 25.8. The second-order valence-corrected chi connectivity index (χ2v) is 7.38. The predicted octanol–water partition coefficient (Wildman–Crippen LogP) is 4.58. The SMILES string of the molecule is CN(Cc1ccc(Br)cc1)C(=O)COC(=O)c1ccc(COc2ccc(F)cc2)o1. The summed E-state index contributed by atoms with van der Waals surface area (Å²) in [5.74, 6) is -0.606. The Morgan fingerprint density at radius 2 is 1.73 bits per heavy atom. The molecular formula is C22H19BrFNO5. The highest BCUT2D eigenvalue weighted by atomic mass is 79.9. The number of benzene rings is 2. The number of esters is 1. The summed E-state index contributed by atoms with van der Waals surface area (Å²) in [5, 5.41) is 0. The summed E-state index contributed by atoms with van der Waals surface area (Å²) in [6.45, 7) is 0.0665. The molecule has 3 rings (SSSR count). The zero-order valence-corrected chi connectivity index (χ0v) is 17.7. The summed E-state index contributed by atoms with van der Waals surface area (Å²) < 4.78 is 29.7. The first-order chi connectivity index (χ1) is 14.4. The van der Waals surface area contributed by atoms with Crippen molar-refractivity contribution in [3.05, 3.63) is 88.0 Å². The topological polar surface area (TPSA) is 69.0 Å². The van der Waals surface area contributed by atoms with Crippen molar-refractivity contribution in [3.63, 3.8) is 0 Å². The molecule has 6 nitrogen and oxygen atoms in total. The number of likely N-dealkylation sites (N-methyl/N-ethyl adjacent to an activating group) is 1. The maximum atomic E-state index is 12.9. The minimum Gasteiger partial charge on any atom is -0.486 e. The third kappa shape index (κ3) is 6.18. The van der Waals surface area contributed by atoms with Gasteiger partial charge in [-0.1, -0.05) is 28.1 Å². The molecular weight excluding hydrogens is 457 g/mol. The maximum Gasteiger partial charge on any atom is 0.374 e. The lowest BCUT2D eigenvalue weighted by Gasteiger charge is -2.17. The molecule has 0 bridgehead atoms. The third-order valence-corrected chi connectivity index (χ3v) is 4.67. The summed E-state index contributed by atoms with van der Waals surface area (Å²) in [6.07, 6.45) is 0. The first-order valence-corrected chi connectivity index (χ1v) is 9.82. The van der Waals surface area contributed by atoms with E-state index in [0.717, 1.165) is 10.0 Å². The number of carbonyl (C=O) groups is 2. The van der Waals surface area contributed by atoms with E-state index < -0.39 is 12.6 Å². The third-order valence-electron chi connectivity index (χ3n) is 4.14. The minimum atomic E-state index is -0.742. The molecule has 0 fully saturated rings. The van der Waals surface area contributed by atoms with Crippen LogP contribution in [-0.2, 0) is 22.7 Å². The van der Waals surface area contributed by atoms with E-state index in [-0.39, 0.29) is 24.1 Å². The Balaban J connectivity index is 1.45. The number of carbonyl (C=O) groups excluding carboxylic acids is 2. The van der Waals surface area contributed by atoms with Crippen LogP contribution in [0.2, 0.25) is 0 Å². The lowest BCUT2D eigenvalue weighted by molar-refractivity contribution is -0.133. The smallest absolute Gasteiger partial charge is 0.374 e. The van der Waals surface area contributed by atoms with Crippen LogP contribution in [-0.4, -0.2) is 30.4 Å². The van der Waals surface area contributed by atoms with E-state index in [1.807, 2.05) is 24.3 Å². The molecule has 0 unspecified atom stereocenters. The summed E-state index contributed by atoms with van der Waals surface area (Å²) in [5.41, 5.74) is 0.956. The second kappa shape index (κ2) is 10.1. The Bertz CT molecular complexity index is 1000. The number of hydrogen-bond donors (Lipinski definition) is 0. The van der Waals surface area contributed by atoms with Gasteiger partial charge in [-0.25, -0.2) is 9.18 Å². The summed E-state index contributed by atoms with van der Waals surface area (Å²) in [7, 11) is 1.63. The highest BCUT2D eigenvalue weighted by molar-refractivity contribution is 9.10. The molecule has 0 radical (unpaired) electrons. The van der Waals surface area contributed by atoms with Crippen LogP contribution < -0.4 is 4.74 Å². The number of hydrogen-bond acceptors (Lipinski definition) is 5. The number of ether oxygens (including phenoxy) is 2. The van der Waals surface area contributed by atoms with Gasteiger partial charge in [-0.2, -0.15) is 0 Å². The van der Waals surface area contributed by atoms with Crippen molar-refractivity contribution >= 4 is 27.8 Å². The van der Waals surface area contributed by atoms with Crippen LogP contribution in [0, 0.1) is 5.82 Å². The molecule has 3 aromatic rings. The van der Waals surface area contributed by atoms with Crippen molar-refractivity contribution in [2.75, 3.05) is 13.7 Å². The van der Waals surface area contributed by atoms with E-state index in [1.165, 1.54) is 35.2 Å². The number of nitrogens with zero attached hydrogens (tertiary/aromatic N) is 1. The van der Waals surface area contributed by atoms with Crippen LogP contribution >= 0.6 is 15.9 Å². The van der Waals surface area contributed by atoms with Gasteiger partial charge in [0.05, 0.1) is 0 Å². The van der Waals surface area contributed by atoms with Crippen LogP contribution in [0.4, 0.5) is 4.39 Å². The molecule has 0 saturated carbocycles. The number of amides is 1. The van der Waals surface area contributed by atoms with E-state index >= 15 is 0 Å². The second-order valence-electron chi connectivity index (χ2n) is 6.46. The quantitative estimate of drug-likeness (QED) is 0.446. The van der Waals surface area contributed by atoms with Crippen LogP contribution in [0.5, 0.6) is 5.75 Å². The van der Waals surface area contributed by atoms with Gasteiger partial charge in [0.2, 0.25) is 5.76 Å². The van der Waals surface area contributed by atoms with E-state index in [1.54, 1.807) is 13.1 Å². The zero-order valence-electron chi connectivity index (χ0n) is 16.1. The average Bonchev–Trinajstić information content (AvgIpc) is 3.22. The maximum absolute atomic E-state index is 12.9. The molecule has 0 aliphatic carbocycles. The van der Waals surface area contributed by atoms with Crippen LogP contribution in [0.3, 0.4) is 0 Å². The van der Waals surface area contributed by atoms with Gasteiger partial charge in [0.1, 0.15) is 23.9 Å². The monoisotopic (exact) mass is 475 g/mol. The molecule has 0 saturated heterocycles. The molecule has 0 spiro atoms. The van der Waals surface area contributed by atoms with Crippen LogP contribution in [0.15, 0.2) is 69.6 Å². The molecule has 1 heterocycles. The Morgan fingerprint density at radius 3 is 2.43 bits per heavy atom. The Labute approximate surface area is 181 Å².